The van der Waals surface area contributed by atoms with Crippen LogP contribution in [0.1, 0.15) is 46.3 Å². The van der Waals surface area contributed by atoms with E-state index in [1.807, 2.05) is 37.3 Å². The van der Waals surface area contributed by atoms with E-state index in [4.69, 9.17) is 4.43 Å². The zero-order chi connectivity index (χ0) is 17.8. The molecule has 23 heavy (non-hydrogen) atoms. The Morgan fingerprint density at radius 2 is 1.70 bits per heavy atom. The van der Waals surface area contributed by atoms with Gasteiger partial charge in [-0.15, -0.1) is 0 Å². The predicted octanol–water partition coefficient (Wildman–Crippen LogP) is 4.58. The summed E-state index contributed by atoms with van der Waals surface area (Å²) in [6.45, 7) is 15.1. The maximum Gasteiger partial charge on any atom is 0.192 e. The van der Waals surface area contributed by atoms with Crippen molar-refractivity contribution in [3.05, 3.63) is 35.9 Å². The van der Waals surface area contributed by atoms with Gasteiger partial charge in [-0.25, -0.2) is 0 Å². The monoisotopic (exact) mass is 336 g/mol. The first-order valence-electron chi connectivity index (χ1n) is 8.38. The third-order valence-corrected chi connectivity index (χ3v) is 9.55. The molecule has 0 amide bonds. The maximum absolute atomic E-state index is 12.6. The largest absolute Gasteiger partial charge is 0.416 e. The number of hydrogen-bond acceptors (Lipinski definition) is 3. The van der Waals surface area contributed by atoms with Crippen molar-refractivity contribution in [3.8, 4) is 0 Å². The molecule has 0 aliphatic heterocycles. The normalized spacial score (nSPS) is 16.7. The molecular formula is C19H32O3Si. The van der Waals surface area contributed by atoms with Crippen molar-refractivity contribution in [1.29, 1.82) is 0 Å². The standard InChI is InChI=1S/C19H32O3Si/c1-14(13-22-23(6,7)19(3,4)5)17(20)15(2)18(21)16-11-9-8-10-12-16/h8-12,14-15,18,21H,13H2,1-7H3/t14-,15-,18+/m0/s1. The summed E-state index contributed by atoms with van der Waals surface area (Å²) in [5.41, 5.74) is 0.783. The Balaban J connectivity index is 2.66. The molecule has 0 heterocycles. The second-order valence-corrected chi connectivity index (χ2v) is 12.8. The Bertz CT molecular complexity index is 505. The number of Topliss-reactive ketones (excluding diaryl/α,β-unsaturated/α-hetero) is 1. The Kier molecular flexibility index (Phi) is 6.75. The van der Waals surface area contributed by atoms with Crippen LogP contribution in [0.15, 0.2) is 30.3 Å². The number of benzene rings is 1. The van der Waals surface area contributed by atoms with E-state index in [0.717, 1.165) is 5.56 Å². The maximum atomic E-state index is 12.6. The minimum absolute atomic E-state index is 0.0556. The van der Waals surface area contributed by atoms with E-state index < -0.39 is 20.3 Å². The fraction of sp³-hybridized carbons (Fsp3) is 0.632. The fourth-order valence-corrected chi connectivity index (χ4v) is 3.27. The van der Waals surface area contributed by atoms with E-state index in [1.54, 1.807) is 6.92 Å². The highest BCUT2D eigenvalue weighted by molar-refractivity contribution is 6.74. The minimum atomic E-state index is -1.85. The smallest absolute Gasteiger partial charge is 0.192 e. The van der Waals surface area contributed by atoms with Crippen molar-refractivity contribution in [3.63, 3.8) is 0 Å². The molecule has 0 radical (unpaired) electrons. The van der Waals surface area contributed by atoms with Gasteiger partial charge >= 0.3 is 0 Å². The van der Waals surface area contributed by atoms with E-state index in [-0.39, 0.29) is 16.7 Å². The van der Waals surface area contributed by atoms with Crippen molar-refractivity contribution in [2.45, 2.75) is 58.9 Å². The van der Waals surface area contributed by atoms with Crippen LogP contribution in [-0.4, -0.2) is 25.8 Å². The highest BCUT2D eigenvalue weighted by Gasteiger charge is 2.38. The highest BCUT2D eigenvalue weighted by Crippen LogP contribution is 2.37. The summed E-state index contributed by atoms with van der Waals surface area (Å²) in [6, 6.07) is 9.36. The van der Waals surface area contributed by atoms with Crippen LogP contribution in [0.4, 0.5) is 0 Å². The number of ketones is 1. The van der Waals surface area contributed by atoms with Gasteiger partial charge in [0, 0.05) is 18.4 Å². The molecule has 0 spiro atoms. The number of aliphatic hydroxyl groups excluding tert-OH is 1. The third-order valence-electron chi connectivity index (χ3n) is 5.05. The zero-order valence-corrected chi connectivity index (χ0v) is 16.6. The van der Waals surface area contributed by atoms with Gasteiger partial charge in [0.05, 0.1) is 6.10 Å². The van der Waals surface area contributed by atoms with E-state index in [2.05, 4.69) is 33.9 Å². The Morgan fingerprint density at radius 3 is 2.17 bits per heavy atom. The average Bonchev–Trinajstić information content (AvgIpc) is 2.50. The van der Waals surface area contributed by atoms with Crippen molar-refractivity contribution < 1.29 is 14.3 Å². The van der Waals surface area contributed by atoms with E-state index >= 15 is 0 Å². The molecule has 130 valence electrons. The van der Waals surface area contributed by atoms with Crippen molar-refractivity contribution in [1.82, 2.24) is 0 Å². The van der Waals surface area contributed by atoms with Gasteiger partial charge in [0.15, 0.2) is 8.32 Å². The van der Waals surface area contributed by atoms with Crippen LogP contribution in [0.2, 0.25) is 18.1 Å². The van der Waals surface area contributed by atoms with E-state index in [1.165, 1.54) is 0 Å². The molecule has 0 bridgehead atoms. The lowest BCUT2D eigenvalue weighted by atomic mass is 9.88. The molecule has 1 aromatic rings. The van der Waals surface area contributed by atoms with Gasteiger partial charge in [-0.05, 0) is 23.7 Å². The second kappa shape index (κ2) is 7.73. The van der Waals surface area contributed by atoms with Gasteiger partial charge < -0.3 is 9.53 Å². The summed E-state index contributed by atoms with van der Waals surface area (Å²) in [6.07, 6.45) is -0.765. The van der Waals surface area contributed by atoms with Crippen LogP contribution < -0.4 is 0 Å². The molecule has 1 aromatic carbocycles. The van der Waals surface area contributed by atoms with Gasteiger partial charge in [0.1, 0.15) is 5.78 Å². The summed E-state index contributed by atoms with van der Waals surface area (Å²) in [7, 11) is -1.85. The molecular weight excluding hydrogens is 304 g/mol. The van der Waals surface area contributed by atoms with E-state index in [9.17, 15) is 9.90 Å². The van der Waals surface area contributed by atoms with Crippen LogP contribution in [-0.2, 0) is 9.22 Å². The zero-order valence-electron chi connectivity index (χ0n) is 15.6. The number of aliphatic hydroxyl groups is 1. The average molecular weight is 337 g/mol. The van der Waals surface area contributed by atoms with Gasteiger partial charge in [-0.1, -0.05) is 65.0 Å². The van der Waals surface area contributed by atoms with Crippen LogP contribution >= 0.6 is 0 Å². The van der Waals surface area contributed by atoms with Crippen molar-refractivity contribution >= 4 is 14.1 Å². The lowest BCUT2D eigenvalue weighted by Crippen LogP contribution is -2.42. The Hall–Kier alpha value is -0.973. The lowest BCUT2D eigenvalue weighted by molar-refractivity contribution is -0.130. The van der Waals surface area contributed by atoms with Gasteiger partial charge in [0.2, 0.25) is 0 Å². The molecule has 3 atom stereocenters. The molecule has 0 fully saturated rings. The minimum Gasteiger partial charge on any atom is -0.416 e. The first-order valence-corrected chi connectivity index (χ1v) is 11.3. The molecule has 0 aliphatic rings. The summed E-state index contributed by atoms with van der Waals surface area (Å²) in [5, 5.41) is 10.5. The molecule has 0 unspecified atom stereocenters. The molecule has 0 aliphatic carbocycles. The number of rotatable bonds is 7. The Morgan fingerprint density at radius 1 is 1.17 bits per heavy atom. The SMILES string of the molecule is C[C@@H](CO[Si](C)(C)C(C)(C)C)C(=O)[C@H](C)[C@@H](O)c1ccccc1. The van der Waals surface area contributed by atoms with Gasteiger partial charge in [-0.2, -0.15) is 0 Å². The number of carbonyl (C=O) groups is 1. The van der Waals surface area contributed by atoms with Gasteiger partial charge in [0.25, 0.3) is 0 Å². The summed E-state index contributed by atoms with van der Waals surface area (Å²) >= 11 is 0. The first-order chi connectivity index (χ1) is 10.5. The number of carbonyl (C=O) groups excluding carboxylic acids is 1. The molecule has 1 N–H and O–H groups in total. The Labute approximate surface area is 142 Å². The highest BCUT2D eigenvalue weighted by atomic mass is 28.4. The van der Waals surface area contributed by atoms with Crippen LogP contribution in [0, 0.1) is 11.8 Å². The molecule has 1 rings (SSSR count). The fourth-order valence-electron chi connectivity index (χ4n) is 2.18. The van der Waals surface area contributed by atoms with Crippen LogP contribution in [0.25, 0.3) is 0 Å². The van der Waals surface area contributed by atoms with Crippen molar-refractivity contribution in [2.75, 3.05) is 6.61 Å². The lowest BCUT2D eigenvalue weighted by Gasteiger charge is -2.37. The molecule has 0 aromatic heterocycles. The van der Waals surface area contributed by atoms with Crippen LogP contribution in [0.5, 0.6) is 0 Å². The van der Waals surface area contributed by atoms with E-state index in [0.29, 0.717) is 6.61 Å². The summed E-state index contributed by atoms with van der Waals surface area (Å²) in [5.74, 6) is -0.590. The second-order valence-electron chi connectivity index (χ2n) is 8.02. The topological polar surface area (TPSA) is 46.5 Å². The quantitative estimate of drug-likeness (QED) is 0.741. The molecule has 0 saturated heterocycles. The van der Waals surface area contributed by atoms with Crippen molar-refractivity contribution in [2.24, 2.45) is 11.8 Å². The van der Waals surface area contributed by atoms with Gasteiger partial charge in [-0.3, -0.25) is 4.79 Å². The number of hydrogen-bond donors (Lipinski definition) is 1. The summed E-state index contributed by atoms with van der Waals surface area (Å²) in [4.78, 5) is 12.6. The molecule has 3 nitrogen and oxygen atoms in total. The molecule has 0 saturated carbocycles. The summed E-state index contributed by atoms with van der Waals surface area (Å²) < 4.78 is 6.15. The first kappa shape index (κ1) is 20.1. The van der Waals surface area contributed by atoms with Crippen LogP contribution in [0.3, 0.4) is 0 Å². The molecule has 4 heteroatoms. The predicted molar refractivity (Wildman–Crippen MR) is 97.9 cm³/mol. The third kappa shape index (κ3) is 5.26.